The first-order chi connectivity index (χ1) is 16.0. The highest BCUT2D eigenvalue weighted by Crippen LogP contribution is 2.33. The van der Waals surface area contributed by atoms with Crippen molar-refractivity contribution in [1.82, 2.24) is 19.8 Å². The van der Waals surface area contributed by atoms with Crippen LogP contribution in [0.2, 0.25) is 0 Å². The smallest absolute Gasteiger partial charge is 0.393 e. The van der Waals surface area contributed by atoms with Crippen LogP contribution in [0.3, 0.4) is 0 Å². The first-order valence-electron chi connectivity index (χ1n) is 11.2. The van der Waals surface area contributed by atoms with Gasteiger partial charge in [0.2, 0.25) is 11.5 Å². The second kappa shape index (κ2) is 8.80. The molecule has 9 nitrogen and oxygen atoms in total. The van der Waals surface area contributed by atoms with Crippen LogP contribution in [-0.2, 0) is 11.3 Å². The van der Waals surface area contributed by atoms with Crippen LogP contribution in [0.25, 0.3) is 11.7 Å². The van der Waals surface area contributed by atoms with Crippen molar-refractivity contribution in [1.29, 1.82) is 0 Å². The Morgan fingerprint density at radius 3 is 2.62 bits per heavy atom. The molecule has 2 aromatic rings. The van der Waals surface area contributed by atoms with Gasteiger partial charge in [0.1, 0.15) is 0 Å². The average Bonchev–Trinajstić information content (AvgIpc) is 3.25. The molecule has 1 atom stereocenters. The van der Waals surface area contributed by atoms with E-state index >= 15 is 0 Å². The highest BCUT2D eigenvalue weighted by Gasteiger charge is 2.44. The molecule has 1 saturated carbocycles. The molecule has 3 heterocycles. The van der Waals surface area contributed by atoms with Gasteiger partial charge >= 0.3 is 23.3 Å². The largest absolute Gasteiger partial charge is 0.477 e. The predicted molar refractivity (Wildman–Crippen MR) is 115 cm³/mol. The fraction of sp³-hybridized carbons (Fsp3) is 0.545. The van der Waals surface area contributed by atoms with E-state index < -0.39 is 41.9 Å². The topological polar surface area (TPSA) is 111 Å². The number of hydrogen-bond acceptors (Lipinski definition) is 4. The average molecular weight is 482 g/mol. The SMILES string of the molecule is CC(C)C[n+]1c(O)c(C(=O)NC2CC2)c(=O)n2[nH]cc(/C=C/C(=O)N3CCC(C(F)(F)F)C3)c21. The fourth-order valence-electron chi connectivity index (χ4n) is 4.10. The number of rotatable bonds is 6. The number of aromatic amines is 1. The summed E-state index contributed by atoms with van der Waals surface area (Å²) >= 11 is 0. The third kappa shape index (κ3) is 4.66. The number of halogens is 3. The number of hydrogen-bond donors (Lipinski definition) is 3. The number of nitrogens with zero attached hydrogens (tertiary/aromatic N) is 3. The zero-order valence-corrected chi connectivity index (χ0v) is 18.9. The van der Waals surface area contributed by atoms with E-state index in [9.17, 15) is 32.7 Å². The van der Waals surface area contributed by atoms with E-state index in [1.165, 1.54) is 16.8 Å². The number of nitrogens with one attached hydrogen (secondary N) is 2. The molecular formula is C22H27F3N5O4+. The van der Waals surface area contributed by atoms with Crippen molar-refractivity contribution in [2.45, 2.75) is 51.9 Å². The van der Waals surface area contributed by atoms with Crippen LogP contribution in [0.4, 0.5) is 13.2 Å². The third-order valence-electron chi connectivity index (χ3n) is 6.03. The molecule has 2 aliphatic rings. The number of aromatic nitrogens is 3. The summed E-state index contributed by atoms with van der Waals surface area (Å²) in [4.78, 5) is 39.3. The lowest BCUT2D eigenvalue weighted by Gasteiger charge is -2.16. The Hall–Kier alpha value is -3.31. The molecule has 12 heteroatoms. The van der Waals surface area contributed by atoms with Crippen LogP contribution in [0.15, 0.2) is 17.1 Å². The molecule has 1 aliphatic heterocycles. The van der Waals surface area contributed by atoms with Gasteiger partial charge < -0.3 is 15.3 Å². The molecule has 0 bridgehead atoms. The summed E-state index contributed by atoms with van der Waals surface area (Å²) in [7, 11) is 0. The highest BCUT2D eigenvalue weighted by molar-refractivity contribution is 5.96. The van der Waals surface area contributed by atoms with Gasteiger partial charge in [0.15, 0.2) is 0 Å². The lowest BCUT2D eigenvalue weighted by molar-refractivity contribution is -0.686. The van der Waals surface area contributed by atoms with E-state index in [2.05, 4.69) is 10.4 Å². The first kappa shape index (κ1) is 23.8. The van der Waals surface area contributed by atoms with E-state index in [-0.39, 0.29) is 42.7 Å². The van der Waals surface area contributed by atoms with Gasteiger partial charge in [-0.25, -0.2) is 9.89 Å². The second-order valence-electron chi connectivity index (χ2n) is 9.29. The Bertz CT molecular complexity index is 1210. The Morgan fingerprint density at radius 2 is 2.03 bits per heavy atom. The summed E-state index contributed by atoms with van der Waals surface area (Å²) in [6.45, 7) is 3.68. The van der Waals surface area contributed by atoms with E-state index in [1.807, 2.05) is 13.8 Å². The van der Waals surface area contributed by atoms with Crippen LogP contribution < -0.4 is 15.4 Å². The summed E-state index contributed by atoms with van der Waals surface area (Å²) in [6, 6.07) is -0.0128. The van der Waals surface area contributed by atoms with Crippen molar-refractivity contribution in [3.8, 4) is 5.88 Å². The minimum atomic E-state index is -4.35. The lowest BCUT2D eigenvalue weighted by atomic mass is 10.1. The molecule has 1 unspecified atom stereocenters. The highest BCUT2D eigenvalue weighted by atomic mass is 19.4. The first-order valence-corrected chi connectivity index (χ1v) is 11.2. The van der Waals surface area contributed by atoms with Crippen molar-refractivity contribution in [3.05, 3.63) is 33.8 Å². The number of carbonyl (C=O) groups is 2. The van der Waals surface area contributed by atoms with E-state index in [4.69, 9.17) is 0 Å². The summed E-state index contributed by atoms with van der Waals surface area (Å²) < 4.78 is 41.3. The summed E-state index contributed by atoms with van der Waals surface area (Å²) in [5, 5.41) is 16.3. The quantitative estimate of drug-likeness (QED) is 0.429. The normalized spacial score (nSPS) is 19.0. The molecule has 1 saturated heterocycles. The second-order valence-corrected chi connectivity index (χ2v) is 9.29. The number of carbonyl (C=O) groups excluding carboxylic acids is 2. The molecule has 1 aliphatic carbocycles. The van der Waals surface area contributed by atoms with Crippen molar-refractivity contribution in [3.63, 3.8) is 0 Å². The zero-order chi connectivity index (χ0) is 24.8. The minimum Gasteiger partial charge on any atom is -0.477 e. The van der Waals surface area contributed by atoms with Gasteiger partial charge in [0.05, 0.1) is 24.2 Å². The van der Waals surface area contributed by atoms with E-state index in [1.54, 1.807) is 0 Å². The molecule has 4 rings (SSSR count). The summed E-state index contributed by atoms with van der Waals surface area (Å²) in [5.74, 6) is -3.22. The fourth-order valence-corrected chi connectivity index (χ4v) is 4.10. The van der Waals surface area contributed by atoms with Crippen molar-refractivity contribution < 1.29 is 32.4 Å². The maximum absolute atomic E-state index is 13.0. The van der Waals surface area contributed by atoms with Crippen molar-refractivity contribution in [2.75, 3.05) is 13.1 Å². The molecule has 184 valence electrons. The number of amides is 2. The molecule has 0 aromatic carbocycles. The van der Waals surface area contributed by atoms with Crippen LogP contribution in [0, 0.1) is 11.8 Å². The Kier molecular flexibility index (Phi) is 6.17. The Balaban J connectivity index is 1.68. The number of fused-ring (bicyclic) bond motifs is 1. The number of aromatic hydroxyl groups is 1. The van der Waals surface area contributed by atoms with Gasteiger partial charge in [-0.2, -0.15) is 17.7 Å². The van der Waals surface area contributed by atoms with Gasteiger partial charge in [-0.1, -0.05) is 18.4 Å². The van der Waals surface area contributed by atoms with E-state index in [0.29, 0.717) is 5.56 Å². The van der Waals surface area contributed by atoms with Crippen molar-refractivity contribution in [2.24, 2.45) is 11.8 Å². The monoisotopic (exact) mass is 482 g/mol. The molecule has 2 aromatic heterocycles. The summed E-state index contributed by atoms with van der Waals surface area (Å²) in [5.41, 5.74) is -0.530. The molecule has 2 fully saturated rings. The maximum Gasteiger partial charge on any atom is 0.393 e. The van der Waals surface area contributed by atoms with Gasteiger partial charge in [-0.05, 0) is 31.3 Å². The van der Waals surface area contributed by atoms with Gasteiger partial charge in [-0.3, -0.25) is 9.59 Å². The molecule has 0 spiro atoms. The van der Waals surface area contributed by atoms with Crippen LogP contribution in [-0.4, -0.2) is 56.7 Å². The molecule has 0 radical (unpaired) electrons. The third-order valence-corrected chi connectivity index (χ3v) is 6.03. The zero-order valence-electron chi connectivity index (χ0n) is 18.9. The summed E-state index contributed by atoms with van der Waals surface area (Å²) in [6.07, 6.45) is 1.11. The Morgan fingerprint density at radius 1 is 1.32 bits per heavy atom. The maximum atomic E-state index is 13.0. The van der Waals surface area contributed by atoms with E-state index in [0.717, 1.165) is 28.3 Å². The number of likely N-dealkylation sites (tertiary alicyclic amines) is 1. The van der Waals surface area contributed by atoms with Gasteiger partial charge in [0.25, 0.3) is 5.91 Å². The number of alkyl halides is 3. The molecule has 2 amide bonds. The van der Waals surface area contributed by atoms with Crippen LogP contribution >= 0.6 is 0 Å². The Labute approximate surface area is 192 Å². The predicted octanol–water partition coefficient (Wildman–Crippen LogP) is 1.59. The standard InChI is InChI=1S/C22H26F3N5O4/c1-12(2)10-29-19-13(3-6-16(31)28-8-7-14(11-28)22(23,24)25)9-26-30(19)21(34)17(20(29)33)18(32)27-15-4-5-15/h3,6,9,12,14-15H,4-5,7-8,10-11H2,1-2H3,(H2,27,32,33,34)/p+1/b6-3+. The van der Waals surface area contributed by atoms with Gasteiger partial charge in [0, 0.05) is 25.2 Å². The van der Waals surface area contributed by atoms with Gasteiger partial charge in [-0.15, -0.1) is 0 Å². The molecule has 34 heavy (non-hydrogen) atoms. The molecular weight excluding hydrogens is 455 g/mol. The minimum absolute atomic E-state index is 0.00823. The van der Waals surface area contributed by atoms with Crippen LogP contribution in [0.1, 0.15) is 49.0 Å². The van der Waals surface area contributed by atoms with Crippen molar-refractivity contribution >= 4 is 23.5 Å². The molecule has 3 N–H and O–H groups in total. The van der Waals surface area contributed by atoms with Crippen LogP contribution in [0.5, 0.6) is 5.88 Å². The lowest BCUT2D eigenvalue weighted by Crippen LogP contribution is -2.46. The number of H-pyrrole nitrogens is 1.